The smallest absolute Gasteiger partial charge is 0.220 e. The molecular formula is C15H18BrNO2S. The van der Waals surface area contributed by atoms with Crippen molar-refractivity contribution < 1.29 is 9.53 Å². The van der Waals surface area contributed by atoms with Crippen molar-refractivity contribution in [3.8, 4) is 5.75 Å². The molecule has 1 amide bonds. The van der Waals surface area contributed by atoms with Crippen LogP contribution in [0.1, 0.15) is 30.4 Å². The van der Waals surface area contributed by atoms with E-state index in [9.17, 15) is 4.79 Å². The Labute approximate surface area is 133 Å². The highest BCUT2D eigenvalue weighted by atomic mass is 79.9. The largest absolute Gasteiger partial charge is 0.493 e. The highest BCUT2D eigenvalue weighted by Gasteiger charge is 2.42. The van der Waals surface area contributed by atoms with Crippen molar-refractivity contribution >= 4 is 34.5 Å². The van der Waals surface area contributed by atoms with Gasteiger partial charge in [-0.3, -0.25) is 4.79 Å². The van der Waals surface area contributed by atoms with E-state index in [0.717, 1.165) is 47.4 Å². The van der Waals surface area contributed by atoms with E-state index >= 15 is 0 Å². The Kier molecular flexibility index (Phi) is 4.00. The van der Waals surface area contributed by atoms with Crippen molar-refractivity contribution in [2.24, 2.45) is 5.41 Å². The minimum absolute atomic E-state index is 0.114. The zero-order valence-corrected chi connectivity index (χ0v) is 13.7. The first kappa shape index (κ1) is 14.3. The molecule has 108 valence electrons. The number of thiol groups is 1. The van der Waals surface area contributed by atoms with Crippen molar-refractivity contribution in [1.29, 1.82) is 0 Å². The number of carbonyl (C=O) groups is 1. The molecule has 1 aliphatic heterocycles. The molecule has 0 aromatic heterocycles. The van der Waals surface area contributed by atoms with Crippen LogP contribution in [0.15, 0.2) is 16.6 Å². The number of ether oxygens (including phenoxy) is 1. The van der Waals surface area contributed by atoms with Crippen LogP contribution in [0.4, 0.5) is 0 Å². The second kappa shape index (κ2) is 5.60. The predicted octanol–water partition coefficient (Wildman–Crippen LogP) is 3.10. The van der Waals surface area contributed by atoms with Crippen LogP contribution in [-0.4, -0.2) is 18.3 Å². The molecule has 0 unspecified atom stereocenters. The molecule has 0 bridgehead atoms. The summed E-state index contributed by atoms with van der Waals surface area (Å²) < 4.78 is 6.71. The fraction of sp³-hybridized carbons (Fsp3) is 0.533. The van der Waals surface area contributed by atoms with Crippen LogP contribution in [0, 0.1) is 5.41 Å². The molecule has 20 heavy (non-hydrogen) atoms. The van der Waals surface area contributed by atoms with Gasteiger partial charge in [-0.2, -0.15) is 12.6 Å². The molecule has 1 saturated carbocycles. The number of halogens is 1. The van der Waals surface area contributed by atoms with Crippen LogP contribution in [0.3, 0.4) is 0 Å². The van der Waals surface area contributed by atoms with E-state index in [1.165, 1.54) is 5.56 Å². The number of hydrogen-bond acceptors (Lipinski definition) is 3. The summed E-state index contributed by atoms with van der Waals surface area (Å²) >= 11 is 7.85. The second-order valence-electron chi connectivity index (χ2n) is 5.76. The van der Waals surface area contributed by atoms with E-state index in [1.807, 2.05) is 6.07 Å². The van der Waals surface area contributed by atoms with Crippen LogP contribution in [0.25, 0.3) is 0 Å². The van der Waals surface area contributed by atoms with Crippen molar-refractivity contribution in [3.63, 3.8) is 0 Å². The van der Waals surface area contributed by atoms with Gasteiger partial charge in [0.05, 0.1) is 6.61 Å². The normalized spacial score (nSPS) is 18.3. The molecule has 1 fully saturated rings. The van der Waals surface area contributed by atoms with Crippen LogP contribution < -0.4 is 10.1 Å². The van der Waals surface area contributed by atoms with Crippen molar-refractivity contribution in [2.75, 3.05) is 12.4 Å². The minimum Gasteiger partial charge on any atom is -0.493 e. The van der Waals surface area contributed by atoms with Gasteiger partial charge in [-0.15, -0.1) is 0 Å². The third kappa shape index (κ3) is 2.98. The van der Waals surface area contributed by atoms with Crippen molar-refractivity contribution in [3.05, 3.63) is 27.7 Å². The number of carbonyl (C=O) groups excluding carboxylic acids is 1. The SMILES string of the molecule is O=C(CC1(CS)CC1)NCc1cc(Br)cc2c1OCC2. The lowest BCUT2D eigenvalue weighted by molar-refractivity contribution is -0.122. The monoisotopic (exact) mass is 355 g/mol. The average molecular weight is 356 g/mol. The summed E-state index contributed by atoms with van der Waals surface area (Å²) in [5.74, 6) is 1.86. The zero-order valence-electron chi connectivity index (χ0n) is 11.2. The Morgan fingerprint density at radius 3 is 2.95 bits per heavy atom. The lowest BCUT2D eigenvalue weighted by Gasteiger charge is -2.13. The van der Waals surface area contributed by atoms with Gasteiger partial charge in [0, 0.05) is 29.4 Å². The molecule has 5 heteroatoms. The fourth-order valence-electron chi connectivity index (χ4n) is 2.64. The Hall–Kier alpha value is -0.680. The van der Waals surface area contributed by atoms with E-state index in [-0.39, 0.29) is 11.3 Å². The van der Waals surface area contributed by atoms with Crippen LogP contribution in [0.5, 0.6) is 5.75 Å². The van der Waals surface area contributed by atoms with Crippen LogP contribution in [-0.2, 0) is 17.8 Å². The number of rotatable bonds is 5. The summed E-state index contributed by atoms with van der Waals surface area (Å²) in [5.41, 5.74) is 2.44. The Bertz CT molecular complexity index is 543. The molecule has 0 spiro atoms. The van der Waals surface area contributed by atoms with E-state index in [1.54, 1.807) is 0 Å². The molecule has 1 aromatic rings. The number of nitrogens with one attached hydrogen (secondary N) is 1. The third-order valence-corrected chi connectivity index (χ3v) is 5.26. The predicted molar refractivity (Wildman–Crippen MR) is 85.3 cm³/mol. The molecule has 1 heterocycles. The number of benzene rings is 1. The summed E-state index contributed by atoms with van der Waals surface area (Å²) in [4.78, 5) is 12.0. The van der Waals surface area contributed by atoms with Gasteiger partial charge in [0.1, 0.15) is 5.75 Å². The number of amides is 1. The maximum absolute atomic E-state index is 12.0. The maximum Gasteiger partial charge on any atom is 0.220 e. The summed E-state index contributed by atoms with van der Waals surface area (Å²) in [7, 11) is 0. The van der Waals surface area contributed by atoms with E-state index in [2.05, 4.69) is 39.9 Å². The molecule has 1 aliphatic carbocycles. The maximum atomic E-state index is 12.0. The first-order valence-electron chi connectivity index (χ1n) is 6.94. The van der Waals surface area contributed by atoms with Gasteiger partial charge in [0.15, 0.2) is 0 Å². The first-order chi connectivity index (χ1) is 9.62. The van der Waals surface area contributed by atoms with E-state index in [4.69, 9.17) is 4.74 Å². The Balaban J connectivity index is 1.63. The van der Waals surface area contributed by atoms with Gasteiger partial charge in [0.25, 0.3) is 0 Å². The van der Waals surface area contributed by atoms with Crippen molar-refractivity contribution in [2.45, 2.75) is 32.2 Å². The number of fused-ring (bicyclic) bond motifs is 1. The number of hydrogen-bond donors (Lipinski definition) is 2. The fourth-order valence-corrected chi connectivity index (χ4v) is 3.62. The van der Waals surface area contributed by atoms with Gasteiger partial charge in [-0.1, -0.05) is 15.9 Å². The molecular weight excluding hydrogens is 338 g/mol. The zero-order chi connectivity index (χ0) is 14.2. The van der Waals surface area contributed by atoms with Gasteiger partial charge in [0.2, 0.25) is 5.91 Å². The summed E-state index contributed by atoms with van der Waals surface area (Å²) in [5, 5.41) is 3.01. The molecule has 1 N–H and O–H groups in total. The van der Waals surface area contributed by atoms with Gasteiger partial charge in [-0.05, 0) is 41.7 Å². The van der Waals surface area contributed by atoms with Gasteiger partial charge >= 0.3 is 0 Å². The average Bonchev–Trinajstić information content (AvgIpc) is 3.03. The first-order valence-corrected chi connectivity index (χ1v) is 8.36. The van der Waals surface area contributed by atoms with Crippen LogP contribution in [0.2, 0.25) is 0 Å². The lowest BCUT2D eigenvalue weighted by Crippen LogP contribution is -2.26. The second-order valence-corrected chi connectivity index (χ2v) is 7.00. The van der Waals surface area contributed by atoms with Crippen molar-refractivity contribution in [1.82, 2.24) is 5.32 Å². The van der Waals surface area contributed by atoms with E-state index < -0.39 is 0 Å². The quantitative estimate of drug-likeness (QED) is 0.796. The Morgan fingerprint density at radius 2 is 2.25 bits per heavy atom. The summed E-state index contributed by atoms with van der Waals surface area (Å²) in [6, 6.07) is 4.11. The highest BCUT2D eigenvalue weighted by molar-refractivity contribution is 9.10. The molecule has 0 saturated heterocycles. The molecule has 3 rings (SSSR count). The molecule has 0 radical (unpaired) electrons. The third-order valence-electron chi connectivity index (χ3n) is 4.13. The molecule has 0 atom stereocenters. The topological polar surface area (TPSA) is 38.3 Å². The van der Waals surface area contributed by atoms with E-state index in [0.29, 0.717) is 13.0 Å². The van der Waals surface area contributed by atoms with Gasteiger partial charge < -0.3 is 10.1 Å². The summed E-state index contributed by atoms with van der Waals surface area (Å²) in [6.45, 7) is 1.26. The minimum atomic E-state index is 0.114. The molecule has 2 aliphatic rings. The standard InChI is InChI=1S/C15H18BrNO2S/c16-12-5-10-1-4-19-14(10)11(6-12)8-17-13(18)7-15(9-20)2-3-15/h5-6,20H,1-4,7-9H2,(H,17,18). The van der Waals surface area contributed by atoms with Crippen LogP contribution >= 0.6 is 28.6 Å². The Morgan fingerprint density at radius 1 is 1.45 bits per heavy atom. The highest BCUT2D eigenvalue weighted by Crippen LogP contribution is 2.49. The molecule has 1 aromatic carbocycles. The summed E-state index contributed by atoms with van der Waals surface area (Å²) in [6.07, 6.45) is 3.78. The lowest BCUT2D eigenvalue weighted by atomic mass is 10.0. The molecule has 3 nitrogen and oxygen atoms in total. The van der Waals surface area contributed by atoms with Gasteiger partial charge in [-0.25, -0.2) is 0 Å².